The number of piperidine rings is 1. The molecule has 2 heterocycles. The lowest BCUT2D eigenvalue weighted by Crippen LogP contribution is -2.34. The molecule has 0 unspecified atom stereocenters. The number of rotatable bonds is 9. The van der Waals surface area contributed by atoms with Crippen molar-refractivity contribution in [2.45, 2.75) is 19.3 Å². The van der Waals surface area contributed by atoms with Crippen LogP contribution in [0.3, 0.4) is 0 Å². The number of hydrazine groups is 1. The van der Waals surface area contributed by atoms with E-state index in [2.05, 4.69) is 31.0 Å². The molecule has 1 aliphatic heterocycles. The molecule has 1 aromatic carbocycles. The number of nitro groups is 2. The first-order chi connectivity index (χ1) is 15.0. The van der Waals surface area contributed by atoms with Gasteiger partial charge in [0.2, 0.25) is 11.6 Å². The average Bonchev–Trinajstić information content (AvgIpc) is 2.78. The topological polar surface area (TPSA) is 168 Å². The van der Waals surface area contributed by atoms with E-state index in [1.807, 2.05) is 0 Å². The fourth-order valence-corrected chi connectivity index (χ4v) is 3.21. The van der Waals surface area contributed by atoms with Gasteiger partial charge in [-0.05, 0) is 38.1 Å². The third-order valence-electron chi connectivity index (χ3n) is 4.81. The second kappa shape index (κ2) is 10.2. The summed E-state index contributed by atoms with van der Waals surface area (Å²) >= 11 is 0. The molecule has 3 N–H and O–H groups in total. The van der Waals surface area contributed by atoms with Crippen LogP contribution in [0.4, 0.5) is 23.0 Å². The van der Waals surface area contributed by atoms with Crippen LogP contribution in [0.2, 0.25) is 0 Å². The number of carbonyl (C=O) groups is 1. The quantitative estimate of drug-likeness (QED) is 0.395. The molecule has 164 valence electrons. The molecule has 31 heavy (non-hydrogen) atoms. The summed E-state index contributed by atoms with van der Waals surface area (Å²) in [6.07, 6.45) is 4.67. The molecular formula is C18H22N8O5. The van der Waals surface area contributed by atoms with Crippen LogP contribution < -0.4 is 16.2 Å². The minimum Gasteiger partial charge on any atom is -0.363 e. The predicted molar refractivity (Wildman–Crippen MR) is 112 cm³/mol. The summed E-state index contributed by atoms with van der Waals surface area (Å²) in [5.41, 5.74) is 4.32. The van der Waals surface area contributed by atoms with E-state index in [4.69, 9.17) is 0 Å². The molecule has 1 fully saturated rings. The highest BCUT2D eigenvalue weighted by Crippen LogP contribution is 2.28. The number of non-ortho nitro benzene ring substituents is 1. The second-order valence-corrected chi connectivity index (χ2v) is 6.89. The molecule has 3 rings (SSSR count). The number of anilines is 2. The Bertz CT molecular complexity index is 946. The Kier molecular flexibility index (Phi) is 7.22. The van der Waals surface area contributed by atoms with E-state index in [-0.39, 0.29) is 22.9 Å². The van der Waals surface area contributed by atoms with Gasteiger partial charge in [-0.3, -0.25) is 35.9 Å². The van der Waals surface area contributed by atoms with Crippen molar-refractivity contribution < 1.29 is 14.6 Å². The number of hydrogen-bond donors (Lipinski definition) is 3. The molecule has 0 atom stereocenters. The molecule has 0 radical (unpaired) electrons. The summed E-state index contributed by atoms with van der Waals surface area (Å²) in [4.78, 5) is 43.4. The molecule has 2 aromatic rings. The maximum absolute atomic E-state index is 12.2. The lowest BCUT2D eigenvalue weighted by atomic mass is 10.1. The van der Waals surface area contributed by atoms with Crippen LogP contribution in [0.1, 0.15) is 29.6 Å². The summed E-state index contributed by atoms with van der Waals surface area (Å²) in [5, 5.41) is 25.2. The van der Waals surface area contributed by atoms with E-state index in [1.54, 1.807) is 0 Å². The summed E-state index contributed by atoms with van der Waals surface area (Å²) in [6.45, 7) is 3.23. The SMILES string of the molecule is O=C(NNc1ncnc(NCCN2CCCCC2)c1[N+](=O)[O-])c1ccc([N+](=O)[O-])cc1. The number of benzene rings is 1. The van der Waals surface area contributed by atoms with E-state index in [0.717, 1.165) is 38.8 Å². The Hall–Kier alpha value is -3.87. The van der Waals surface area contributed by atoms with Crippen LogP contribution in [0, 0.1) is 20.2 Å². The lowest BCUT2D eigenvalue weighted by Gasteiger charge is -2.26. The number of hydrogen-bond acceptors (Lipinski definition) is 10. The first kappa shape index (κ1) is 21.8. The number of nitrogens with zero attached hydrogens (tertiary/aromatic N) is 5. The highest BCUT2D eigenvalue weighted by atomic mass is 16.6. The summed E-state index contributed by atoms with van der Waals surface area (Å²) in [6, 6.07) is 4.92. The highest BCUT2D eigenvalue weighted by molar-refractivity contribution is 5.95. The number of carbonyl (C=O) groups excluding carboxylic acids is 1. The third-order valence-corrected chi connectivity index (χ3v) is 4.81. The maximum atomic E-state index is 12.2. The standard InChI is InChI=1S/C18H22N8O5/c27-18(13-4-6-14(7-5-13)25(28)29)23-22-17-15(26(30)31)16(20-12-21-17)19-8-11-24-9-2-1-3-10-24/h4-7,12H,1-3,8-11H2,(H,23,27)(H2,19,20,21,22). The zero-order valence-corrected chi connectivity index (χ0v) is 16.6. The van der Waals surface area contributed by atoms with Crippen LogP contribution in [0.5, 0.6) is 0 Å². The second-order valence-electron chi connectivity index (χ2n) is 6.89. The van der Waals surface area contributed by atoms with Crippen LogP contribution in [-0.2, 0) is 0 Å². The summed E-state index contributed by atoms with van der Waals surface area (Å²) in [7, 11) is 0. The fraction of sp³-hybridized carbons (Fsp3) is 0.389. The Balaban J connectivity index is 1.63. The van der Waals surface area contributed by atoms with Crippen molar-refractivity contribution in [2.24, 2.45) is 0 Å². The molecule has 13 heteroatoms. The Morgan fingerprint density at radius 1 is 1.00 bits per heavy atom. The molecule has 1 amide bonds. The van der Waals surface area contributed by atoms with Crippen LogP contribution >= 0.6 is 0 Å². The van der Waals surface area contributed by atoms with Gasteiger partial charge in [-0.15, -0.1) is 0 Å². The molecule has 0 bridgehead atoms. The molecular weight excluding hydrogens is 408 g/mol. The molecule has 1 saturated heterocycles. The average molecular weight is 430 g/mol. The number of nitro benzene ring substituents is 1. The van der Waals surface area contributed by atoms with Gasteiger partial charge in [0.05, 0.1) is 9.85 Å². The Morgan fingerprint density at radius 2 is 1.68 bits per heavy atom. The zero-order valence-electron chi connectivity index (χ0n) is 16.6. The van der Waals surface area contributed by atoms with Crippen molar-refractivity contribution in [3.05, 3.63) is 56.4 Å². The van der Waals surface area contributed by atoms with Crippen molar-refractivity contribution >= 4 is 28.9 Å². The summed E-state index contributed by atoms with van der Waals surface area (Å²) in [5.74, 6) is -0.776. The number of aromatic nitrogens is 2. The lowest BCUT2D eigenvalue weighted by molar-refractivity contribution is -0.384. The zero-order chi connectivity index (χ0) is 22.2. The third kappa shape index (κ3) is 5.82. The predicted octanol–water partition coefficient (Wildman–Crippen LogP) is 1.95. The number of nitrogens with one attached hydrogen (secondary N) is 3. The minimum atomic E-state index is -0.637. The molecule has 0 saturated carbocycles. The van der Waals surface area contributed by atoms with Crippen molar-refractivity contribution in [1.82, 2.24) is 20.3 Å². The normalized spacial score (nSPS) is 13.9. The van der Waals surface area contributed by atoms with Gasteiger partial charge in [-0.25, -0.2) is 9.97 Å². The first-order valence-electron chi connectivity index (χ1n) is 9.72. The maximum Gasteiger partial charge on any atom is 0.354 e. The van der Waals surface area contributed by atoms with Gasteiger partial charge >= 0.3 is 5.69 Å². The van der Waals surface area contributed by atoms with E-state index < -0.39 is 21.4 Å². The van der Waals surface area contributed by atoms with Gasteiger partial charge in [0.25, 0.3) is 11.6 Å². The van der Waals surface area contributed by atoms with Crippen LogP contribution in [0.15, 0.2) is 30.6 Å². The fourth-order valence-electron chi connectivity index (χ4n) is 3.21. The summed E-state index contributed by atoms with van der Waals surface area (Å²) < 4.78 is 0. The van der Waals surface area contributed by atoms with Crippen LogP contribution in [-0.4, -0.2) is 56.8 Å². The van der Waals surface area contributed by atoms with E-state index in [1.165, 1.54) is 30.7 Å². The van der Waals surface area contributed by atoms with Crippen molar-refractivity contribution in [1.29, 1.82) is 0 Å². The van der Waals surface area contributed by atoms with E-state index in [0.29, 0.717) is 6.54 Å². The number of amides is 1. The smallest absolute Gasteiger partial charge is 0.354 e. The van der Waals surface area contributed by atoms with E-state index >= 15 is 0 Å². The molecule has 13 nitrogen and oxygen atoms in total. The Morgan fingerprint density at radius 3 is 2.32 bits per heavy atom. The molecule has 1 aliphatic rings. The molecule has 1 aromatic heterocycles. The van der Waals surface area contributed by atoms with Gasteiger partial charge in [0, 0.05) is 30.8 Å². The Labute approximate surface area is 177 Å². The highest BCUT2D eigenvalue weighted by Gasteiger charge is 2.23. The van der Waals surface area contributed by atoms with Gasteiger partial charge in [0.15, 0.2) is 0 Å². The van der Waals surface area contributed by atoms with Gasteiger partial charge in [0.1, 0.15) is 6.33 Å². The minimum absolute atomic E-state index is 0.0455. The number of likely N-dealkylation sites (tertiary alicyclic amines) is 1. The molecule has 0 aliphatic carbocycles. The first-order valence-corrected chi connectivity index (χ1v) is 9.72. The van der Waals surface area contributed by atoms with Crippen molar-refractivity contribution in [3.8, 4) is 0 Å². The van der Waals surface area contributed by atoms with Gasteiger partial charge in [-0.2, -0.15) is 0 Å². The molecule has 0 spiro atoms. The largest absolute Gasteiger partial charge is 0.363 e. The van der Waals surface area contributed by atoms with Crippen molar-refractivity contribution in [3.63, 3.8) is 0 Å². The van der Waals surface area contributed by atoms with E-state index in [9.17, 15) is 25.0 Å². The van der Waals surface area contributed by atoms with Gasteiger partial charge < -0.3 is 10.2 Å². The van der Waals surface area contributed by atoms with Gasteiger partial charge in [-0.1, -0.05) is 6.42 Å². The van der Waals surface area contributed by atoms with Crippen LogP contribution in [0.25, 0.3) is 0 Å². The van der Waals surface area contributed by atoms with Crippen molar-refractivity contribution in [2.75, 3.05) is 36.9 Å². The monoisotopic (exact) mass is 430 g/mol.